The molecule has 3 rings (SSSR count). The van der Waals surface area contributed by atoms with Gasteiger partial charge in [-0.2, -0.15) is 0 Å². The molecule has 3 nitrogen and oxygen atoms in total. The first kappa shape index (κ1) is 13.2. The Morgan fingerprint density at radius 1 is 1.05 bits per heavy atom. The molecule has 2 fully saturated rings. The summed E-state index contributed by atoms with van der Waals surface area (Å²) in [6.07, 6.45) is 4.28. The van der Waals surface area contributed by atoms with Gasteiger partial charge in [0.2, 0.25) is 0 Å². The topological polar surface area (TPSA) is 29.5 Å². The van der Waals surface area contributed by atoms with E-state index in [4.69, 9.17) is 4.74 Å². The van der Waals surface area contributed by atoms with Crippen molar-refractivity contribution in [2.24, 2.45) is 0 Å². The Kier molecular flexibility index (Phi) is 3.77. The molecule has 1 saturated carbocycles. The minimum Gasteiger partial charge on any atom is -0.481 e. The van der Waals surface area contributed by atoms with Crippen molar-refractivity contribution in [2.45, 2.75) is 38.7 Å². The molecule has 0 aromatic heterocycles. The van der Waals surface area contributed by atoms with Crippen LogP contribution in [0.4, 0.5) is 0 Å². The second kappa shape index (κ2) is 5.70. The first-order chi connectivity index (χ1) is 9.74. The summed E-state index contributed by atoms with van der Waals surface area (Å²) < 4.78 is 5.71. The van der Waals surface area contributed by atoms with Gasteiger partial charge in [-0.05, 0) is 44.7 Å². The molecular formula is C17H21NO2. The van der Waals surface area contributed by atoms with E-state index in [9.17, 15) is 4.79 Å². The van der Waals surface area contributed by atoms with E-state index in [2.05, 4.69) is 0 Å². The minimum atomic E-state index is -0.410. The first-order valence-electron chi connectivity index (χ1n) is 7.44. The van der Waals surface area contributed by atoms with E-state index in [0.29, 0.717) is 0 Å². The zero-order chi connectivity index (χ0) is 13.9. The van der Waals surface area contributed by atoms with Gasteiger partial charge in [0.15, 0.2) is 6.10 Å². The lowest BCUT2D eigenvalue weighted by atomic mass is 10.0. The highest BCUT2D eigenvalue weighted by molar-refractivity contribution is 5.81. The van der Waals surface area contributed by atoms with E-state index in [0.717, 1.165) is 31.7 Å². The van der Waals surface area contributed by atoms with Crippen LogP contribution in [0.1, 0.15) is 32.6 Å². The van der Waals surface area contributed by atoms with Crippen molar-refractivity contribution in [2.75, 3.05) is 13.1 Å². The summed E-state index contributed by atoms with van der Waals surface area (Å²) in [4.78, 5) is 14.3. The van der Waals surface area contributed by atoms with Gasteiger partial charge in [0.05, 0.1) is 0 Å². The SMILES string of the molecule is C[C@@H](Oc1ccccc1)C(=O)N1CCC(=C2CC2)CC1. The van der Waals surface area contributed by atoms with Gasteiger partial charge in [0.25, 0.3) is 5.91 Å². The van der Waals surface area contributed by atoms with Crippen LogP contribution >= 0.6 is 0 Å². The lowest BCUT2D eigenvalue weighted by molar-refractivity contribution is -0.138. The van der Waals surface area contributed by atoms with Crippen LogP contribution in [0.15, 0.2) is 41.5 Å². The molecular weight excluding hydrogens is 250 g/mol. The van der Waals surface area contributed by atoms with Crippen LogP contribution in [-0.4, -0.2) is 30.0 Å². The Labute approximate surface area is 120 Å². The molecule has 1 aromatic carbocycles. The van der Waals surface area contributed by atoms with Crippen LogP contribution in [0.5, 0.6) is 5.75 Å². The third-order valence-corrected chi connectivity index (χ3v) is 4.08. The highest BCUT2D eigenvalue weighted by Crippen LogP contribution is 2.36. The van der Waals surface area contributed by atoms with Crippen molar-refractivity contribution in [3.63, 3.8) is 0 Å². The number of carbonyl (C=O) groups is 1. The highest BCUT2D eigenvalue weighted by Gasteiger charge is 2.27. The van der Waals surface area contributed by atoms with Gasteiger partial charge in [0.1, 0.15) is 5.75 Å². The Bertz CT molecular complexity index is 505. The monoisotopic (exact) mass is 271 g/mol. The van der Waals surface area contributed by atoms with E-state index in [-0.39, 0.29) is 5.91 Å². The molecule has 2 aliphatic rings. The number of amides is 1. The standard InChI is InChI=1S/C17H21NO2/c1-13(20-16-5-3-2-4-6-16)17(19)18-11-9-15(10-12-18)14-7-8-14/h2-6,13H,7-12H2,1H3/t13-/m1/s1. The van der Waals surface area contributed by atoms with Gasteiger partial charge >= 0.3 is 0 Å². The van der Waals surface area contributed by atoms with Gasteiger partial charge in [-0.3, -0.25) is 4.79 Å². The molecule has 0 bridgehead atoms. The van der Waals surface area contributed by atoms with Crippen molar-refractivity contribution in [3.05, 3.63) is 41.5 Å². The number of nitrogens with zero attached hydrogens (tertiary/aromatic N) is 1. The fraction of sp³-hybridized carbons (Fsp3) is 0.471. The maximum Gasteiger partial charge on any atom is 0.263 e. The summed E-state index contributed by atoms with van der Waals surface area (Å²) in [6, 6.07) is 9.55. The molecule has 1 aromatic rings. The first-order valence-corrected chi connectivity index (χ1v) is 7.44. The second-order valence-electron chi connectivity index (χ2n) is 5.61. The normalized spacial score (nSPS) is 19.8. The molecule has 1 heterocycles. The van der Waals surface area contributed by atoms with Crippen molar-refractivity contribution in [1.82, 2.24) is 4.90 Å². The van der Waals surface area contributed by atoms with Crippen LogP contribution in [0, 0.1) is 0 Å². The molecule has 1 saturated heterocycles. The molecule has 1 atom stereocenters. The third kappa shape index (κ3) is 3.03. The van der Waals surface area contributed by atoms with E-state index >= 15 is 0 Å². The lowest BCUT2D eigenvalue weighted by Crippen LogP contribution is -2.43. The average molecular weight is 271 g/mol. The Morgan fingerprint density at radius 2 is 1.65 bits per heavy atom. The number of para-hydroxylation sites is 1. The fourth-order valence-corrected chi connectivity index (χ4v) is 2.78. The predicted octanol–water partition coefficient (Wildman–Crippen LogP) is 3.17. The number of rotatable bonds is 3. The molecule has 106 valence electrons. The fourth-order valence-electron chi connectivity index (χ4n) is 2.78. The zero-order valence-electron chi connectivity index (χ0n) is 12.0. The number of benzene rings is 1. The van der Waals surface area contributed by atoms with Crippen LogP contribution < -0.4 is 4.74 Å². The van der Waals surface area contributed by atoms with Gasteiger partial charge in [-0.1, -0.05) is 29.3 Å². The number of hydrogen-bond acceptors (Lipinski definition) is 2. The molecule has 1 aliphatic carbocycles. The van der Waals surface area contributed by atoms with E-state index in [1.54, 1.807) is 11.1 Å². The van der Waals surface area contributed by atoms with Crippen molar-refractivity contribution in [1.29, 1.82) is 0 Å². The number of carbonyl (C=O) groups excluding carboxylic acids is 1. The number of ether oxygens (including phenoxy) is 1. The molecule has 0 spiro atoms. The highest BCUT2D eigenvalue weighted by atomic mass is 16.5. The maximum absolute atomic E-state index is 12.4. The number of hydrogen-bond donors (Lipinski definition) is 0. The zero-order valence-corrected chi connectivity index (χ0v) is 12.0. The quantitative estimate of drug-likeness (QED) is 0.790. The Morgan fingerprint density at radius 3 is 2.25 bits per heavy atom. The lowest BCUT2D eigenvalue weighted by Gasteiger charge is -2.30. The van der Waals surface area contributed by atoms with Gasteiger partial charge < -0.3 is 9.64 Å². The second-order valence-corrected chi connectivity index (χ2v) is 5.61. The maximum atomic E-state index is 12.4. The van der Waals surface area contributed by atoms with Crippen molar-refractivity contribution >= 4 is 5.91 Å². The Balaban J connectivity index is 1.55. The van der Waals surface area contributed by atoms with E-state index in [1.807, 2.05) is 42.2 Å². The number of likely N-dealkylation sites (tertiary alicyclic amines) is 1. The van der Waals surface area contributed by atoms with Gasteiger partial charge in [-0.25, -0.2) is 0 Å². The summed E-state index contributed by atoms with van der Waals surface area (Å²) in [7, 11) is 0. The predicted molar refractivity (Wildman–Crippen MR) is 78.6 cm³/mol. The summed E-state index contributed by atoms with van der Waals surface area (Å²) in [5.74, 6) is 0.861. The Hall–Kier alpha value is -1.77. The van der Waals surface area contributed by atoms with Crippen molar-refractivity contribution in [3.8, 4) is 5.75 Å². The molecule has 1 amide bonds. The summed E-state index contributed by atoms with van der Waals surface area (Å²) in [5, 5.41) is 0. The summed E-state index contributed by atoms with van der Waals surface area (Å²) >= 11 is 0. The smallest absolute Gasteiger partial charge is 0.263 e. The van der Waals surface area contributed by atoms with Crippen molar-refractivity contribution < 1.29 is 9.53 Å². The largest absolute Gasteiger partial charge is 0.481 e. The number of piperidine rings is 1. The molecule has 3 heteroatoms. The van der Waals surface area contributed by atoms with Crippen LogP contribution in [-0.2, 0) is 4.79 Å². The number of allylic oxidation sites excluding steroid dienone is 1. The van der Waals surface area contributed by atoms with Gasteiger partial charge in [-0.15, -0.1) is 0 Å². The van der Waals surface area contributed by atoms with Crippen LogP contribution in [0.25, 0.3) is 0 Å². The van der Waals surface area contributed by atoms with E-state index < -0.39 is 6.10 Å². The minimum absolute atomic E-state index is 0.105. The van der Waals surface area contributed by atoms with Gasteiger partial charge in [0, 0.05) is 13.1 Å². The van der Waals surface area contributed by atoms with Crippen LogP contribution in [0.3, 0.4) is 0 Å². The van der Waals surface area contributed by atoms with Crippen LogP contribution in [0.2, 0.25) is 0 Å². The molecule has 1 aliphatic heterocycles. The van der Waals surface area contributed by atoms with E-state index in [1.165, 1.54) is 12.8 Å². The average Bonchev–Trinajstić information content (AvgIpc) is 3.32. The third-order valence-electron chi connectivity index (χ3n) is 4.08. The molecule has 0 unspecified atom stereocenters. The molecule has 20 heavy (non-hydrogen) atoms. The summed E-state index contributed by atoms with van der Waals surface area (Å²) in [5.41, 5.74) is 3.25. The molecule has 0 radical (unpaired) electrons. The molecule has 0 N–H and O–H groups in total. The summed E-state index contributed by atoms with van der Waals surface area (Å²) in [6.45, 7) is 3.53.